The molecule has 5 nitrogen and oxygen atoms in total. The fraction of sp³-hybridized carbons (Fsp3) is 0.591. The van der Waals surface area contributed by atoms with Crippen molar-refractivity contribution in [2.45, 2.75) is 70.7 Å². The second-order valence-electron chi connectivity index (χ2n) is 8.39. The number of benzene rings is 1. The summed E-state index contributed by atoms with van der Waals surface area (Å²) in [5.41, 5.74) is 0.282. The van der Waals surface area contributed by atoms with Crippen molar-refractivity contribution in [3.63, 3.8) is 0 Å². The van der Waals surface area contributed by atoms with Crippen LogP contribution >= 0.6 is 0 Å². The number of aliphatic hydroxyl groups is 2. The van der Waals surface area contributed by atoms with E-state index in [2.05, 4.69) is 6.58 Å². The van der Waals surface area contributed by atoms with Crippen molar-refractivity contribution in [3.8, 4) is 5.75 Å². The van der Waals surface area contributed by atoms with E-state index in [-0.39, 0.29) is 24.0 Å². The summed E-state index contributed by atoms with van der Waals surface area (Å²) in [5.74, 6) is -0.709. The van der Waals surface area contributed by atoms with Crippen LogP contribution in [0.15, 0.2) is 36.4 Å². The number of carbonyl (C=O) groups excluding carboxylic acids is 1. The number of phenolic OH excluding ortho intramolecular Hbond substituents is 1. The second-order valence-corrected chi connectivity index (χ2v) is 8.39. The van der Waals surface area contributed by atoms with Crippen molar-refractivity contribution < 1.29 is 24.9 Å². The number of phenols is 1. The van der Waals surface area contributed by atoms with E-state index in [1.54, 1.807) is 6.92 Å². The highest BCUT2D eigenvalue weighted by Crippen LogP contribution is 2.35. The minimum absolute atomic E-state index is 0.0562. The normalized spacial score (nSPS) is 30.1. The van der Waals surface area contributed by atoms with Gasteiger partial charge in [-0.25, -0.2) is 4.79 Å². The largest absolute Gasteiger partial charge is 0.508 e. The van der Waals surface area contributed by atoms with Crippen LogP contribution in [0, 0.1) is 11.8 Å². The Morgan fingerprint density at radius 3 is 2.52 bits per heavy atom. The molecule has 0 heterocycles. The van der Waals surface area contributed by atoms with Crippen LogP contribution in [0.3, 0.4) is 0 Å². The predicted octanol–water partition coefficient (Wildman–Crippen LogP) is 3.82. The number of rotatable bonds is 3. The fourth-order valence-electron chi connectivity index (χ4n) is 3.97. The number of aliphatic hydroxyl groups excluding tert-OH is 1. The maximum Gasteiger partial charge on any atom is 0.338 e. The third-order valence-electron chi connectivity index (χ3n) is 5.39. The topological polar surface area (TPSA) is 87.0 Å². The van der Waals surface area contributed by atoms with Gasteiger partial charge in [0.1, 0.15) is 11.9 Å². The fourth-order valence-corrected chi connectivity index (χ4v) is 3.97. The maximum atomic E-state index is 12.6. The Labute approximate surface area is 161 Å². The van der Waals surface area contributed by atoms with Gasteiger partial charge < -0.3 is 20.1 Å². The zero-order chi connectivity index (χ0) is 20.2. The Hall–Kier alpha value is -1.85. The van der Waals surface area contributed by atoms with E-state index in [9.17, 15) is 20.1 Å². The zero-order valence-electron chi connectivity index (χ0n) is 16.5. The lowest BCUT2D eigenvalue weighted by Gasteiger charge is -2.38. The molecule has 0 amide bonds. The summed E-state index contributed by atoms with van der Waals surface area (Å²) in [5, 5.41) is 31.1. The molecule has 0 saturated heterocycles. The molecular weight excluding hydrogens is 344 g/mol. The molecule has 0 bridgehead atoms. The Morgan fingerprint density at radius 2 is 1.93 bits per heavy atom. The summed E-state index contributed by atoms with van der Waals surface area (Å²) in [4.78, 5) is 12.6. The van der Waals surface area contributed by atoms with Gasteiger partial charge in [0.2, 0.25) is 0 Å². The molecule has 0 aromatic heterocycles. The van der Waals surface area contributed by atoms with E-state index < -0.39 is 23.8 Å². The van der Waals surface area contributed by atoms with E-state index in [4.69, 9.17) is 4.74 Å². The van der Waals surface area contributed by atoms with E-state index >= 15 is 0 Å². The van der Waals surface area contributed by atoms with Crippen LogP contribution in [0.4, 0.5) is 0 Å². The van der Waals surface area contributed by atoms with Crippen molar-refractivity contribution in [1.82, 2.24) is 0 Å². The van der Waals surface area contributed by atoms with Crippen LogP contribution in [-0.2, 0) is 4.74 Å². The third-order valence-corrected chi connectivity index (χ3v) is 5.39. The molecule has 0 radical (unpaired) electrons. The van der Waals surface area contributed by atoms with Crippen LogP contribution in [0.2, 0.25) is 0 Å². The van der Waals surface area contributed by atoms with Crippen LogP contribution in [0.25, 0.3) is 0 Å². The van der Waals surface area contributed by atoms with Gasteiger partial charge in [0.05, 0.1) is 17.3 Å². The lowest BCUT2D eigenvalue weighted by molar-refractivity contribution is -0.0751. The Morgan fingerprint density at radius 1 is 1.30 bits per heavy atom. The molecule has 1 aromatic carbocycles. The van der Waals surface area contributed by atoms with Crippen molar-refractivity contribution in [2.75, 3.05) is 0 Å². The quantitative estimate of drug-likeness (QED) is 0.551. The second kappa shape index (κ2) is 8.89. The molecule has 0 spiro atoms. The molecule has 1 aromatic rings. The number of hydrogen-bond donors (Lipinski definition) is 3. The molecule has 27 heavy (non-hydrogen) atoms. The Kier molecular flexibility index (Phi) is 7.06. The van der Waals surface area contributed by atoms with Crippen molar-refractivity contribution in [1.29, 1.82) is 0 Å². The Balaban J connectivity index is 2.30. The molecule has 0 aliphatic heterocycles. The highest BCUT2D eigenvalue weighted by atomic mass is 16.5. The van der Waals surface area contributed by atoms with Crippen LogP contribution in [0.5, 0.6) is 5.75 Å². The number of hydrogen-bond acceptors (Lipinski definition) is 5. The van der Waals surface area contributed by atoms with Crippen molar-refractivity contribution in [2.24, 2.45) is 11.8 Å². The lowest BCUT2D eigenvalue weighted by atomic mass is 9.76. The van der Waals surface area contributed by atoms with Gasteiger partial charge in [-0.15, -0.1) is 0 Å². The first-order valence-corrected chi connectivity index (χ1v) is 9.66. The average molecular weight is 376 g/mol. The van der Waals surface area contributed by atoms with Gasteiger partial charge in [-0.2, -0.15) is 0 Å². The minimum atomic E-state index is -0.996. The molecule has 1 aliphatic rings. The van der Waals surface area contributed by atoms with Gasteiger partial charge >= 0.3 is 5.97 Å². The molecular formula is C22H32O5. The SMILES string of the molecule is C=C1CCCC(C)(O)CC(OC(=O)c2ccc(O)cc2)C(C(C)C)C(O)C1. The average Bonchev–Trinajstić information content (AvgIpc) is 2.53. The summed E-state index contributed by atoms with van der Waals surface area (Å²) in [6.07, 6.45) is 1.56. The highest BCUT2D eigenvalue weighted by molar-refractivity contribution is 5.89. The first-order valence-electron chi connectivity index (χ1n) is 9.66. The van der Waals surface area contributed by atoms with E-state index in [1.165, 1.54) is 24.3 Å². The molecule has 2 rings (SSSR count). The van der Waals surface area contributed by atoms with Crippen LogP contribution in [-0.4, -0.2) is 39.1 Å². The molecule has 4 atom stereocenters. The van der Waals surface area contributed by atoms with Gasteiger partial charge in [0, 0.05) is 12.3 Å². The molecule has 1 aliphatic carbocycles. The number of carbonyl (C=O) groups is 1. The first-order chi connectivity index (χ1) is 12.6. The monoisotopic (exact) mass is 376 g/mol. The summed E-state index contributed by atoms with van der Waals surface area (Å²) in [7, 11) is 0. The standard InChI is InChI=1S/C22H32O5/c1-14(2)20-18(24)12-15(3)6-5-11-22(4,26)13-19(20)27-21(25)16-7-9-17(23)10-8-16/h7-10,14,18-20,23-24,26H,3,5-6,11-13H2,1-2,4H3. The summed E-state index contributed by atoms with van der Waals surface area (Å²) in [6.45, 7) is 9.77. The molecule has 3 N–H and O–H groups in total. The van der Waals surface area contributed by atoms with E-state index in [0.717, 1.165) is 18.4 Å². The van der Waals surface area contributed by atoms with Gasteiger partial charge in [-0.3, -0.25) is 0 Å². The van der Waals surface area contributed by atoms with E-state index in [0.29, 0.717) is 18.4 Å². The summed E-state index contributed by atoms with van der Waals surface area (Å²) in [6, 6.07) is 5.86. The number of aromatic hydroxyl groups is 1. The van der Waals surface area contributed by atoms with Gasteiger partial charge in [-0.1, -0.05) is 26.0 Å². The zero-order valence-corrected chi connectivity index (χ0v) is 16.5. The van der Waals surface area contributed by atoms with Crippen LogP contribution < -0.4 is 0 Å². The molecule has 5 heteroatoms. The molecule has 4 unspecified atom stereocenters. The predicted molar refractivity (Wildman–Crippen MR) is 104 cm³/mol. The lowest BCUT2D eigenvalue weighted by Crippen LogP contribution is -2.44. The van der Waals surface area contributed by atoms with Gasteiger partial charge in [0.15, 0.2) is 0 Å². The number of esters is 1. The van der Waals surface area contributed by atoms with Gasteiger partial charge in [0.25, 0.3) is 0 Å². The third kappa shape index (κ3) is 6.08. The number of ether oxygens (including phenoxy) is 1. The molecule has 1 fully saturated rings. The first kappa shape index (κ1) is 21.5. The molecule has 150 valence electrons. The Bertz CT molecular complexity index is 647. The summed E-state index contributed by atoms with van der Waals surface area (Å²) >= 11 is 0. The maximum absolute atomic E-state index is 12.6. The summed E-state index contributed by atoms with van der Waals surface area (Å²) < 4.78 is 5.79. The van der Waals surface area contributed by atoms with Crippen molar-refractivity contribution in [3.05, 3.63) is 42.0 Å². The van der Waals surface area contributed by atoms with Crippen molar-refractivity contribution >= 4 is 5.97 Å². The van der Waals surface area contributed by atoms with Crippen LogP contribution in [0.1, 0.15) is 63.2 Å². The van der Waals surface area contributed by atoms with E-state index in [1.807, 2.05) is 13.8 Å². The minimum Gasteiger partial charge on any atom is -0.508 e. The highest BCUT2D eigenvalue weighted by Gasteiger charge is 2.39. The smallest absolute Gasteiger partial charge is 0.338 e. The van der Waals surface area contributed by atoms with Gasteiger partial charge in [-0.05, 0) is 62.8 Å². The molecule has 1 saturated carbocycles.